The molecule has 224 valence electrons. The lowest BCUT2D eigenvalue weighted by Gasteiger charge is -2.41. The Morgan fingerprint density at radius 1 is 1.05 bits per heavy atom. The number of hydrogen-bond donors (Lipinski definition) is 3. The van der Waals surface area contributed by atoms with E-state index in [4.69, 9.17) is 15.6 Å². The van der Waals surface area contributed by atoms with E-state index in [1.54, 1.807) is 6.07 Å². The molecule has 1 saturated carbocycles. The Kier molecular flexibility index (Phi) is 10.6. The average Bonchev–Trinajstić information content (AvgIpc) is 3.50. The molecule has 3 fully saturated rings. The number of nitrogens with two attached hydrogens (primary N) is 1. The fourth-order valence-corrected chi connectivity index (χ4v) is 6.37. The summed E-state index contributed by atoms with van der Waals surface area (Å²) in [6.45, 7) is 6.07. The normalized spacial score (nSPS) is 23.4. The standard InChI is InChI=1S/C27H41N3O3.C2HF3O2/c1-27(2,18-31)26(33)29(17-19-6-3-4-7-19)12-13-30-23-10-11-24(30)16-22(15-23)20-8-5-9-21(14-20)25(28)32;3-2(4,5)1(6)7/h5,8-9,14,19,22-24,31H,3-4,6-7,10-13,15-18H2,1-2H3,(H2,28,32);(H,6,7)/t22?,23-,24+;. The summed E-state index contributed by atoms with van der Waals surface area (Å²) in [5, 5.41) is 16.9. The number of aliphatic hydroxyl groups excluding tert-OH is 1. The summed E-state index contributed by atoms with van der Waals surface area (Å²) >= 11 is 0. The molecule has 3 aliphatic rings. The summed E-state index contributed by atoms with van der Waals surface area (Å²) in [6, 6.07) is 8.89. The van der Waals surface area contributed by atoms with E-state index in [1.807, 2.05) is 30.9 Å². The van der Waals surface area contributed by atoms with Crippen LogP contribution in [0.3, 0.4) is 0 Å². The molecule has 8 nitrogen and oxygen atoms in total. The number of primary amides is 1. The van der Waals surface area contributed by atoms with Gasteiger partial charge in [0.2, 0.25) is 11.8 Å². The maximum Gasteiger partial charge on any atom is 0.490 e. The van der Waals surface area contributed by atoms with E-state index < -0.39 is 17.6 Å². The molecule has 2 amide bonds. The smallest absolute Gasteiger partial charge is 0.475 e. The van der Waals surface area contributed by atoms with E-state index in [0.717, 1.165) is 32.5 Å². The van der Waals surface area contributed by atoms with Crippen molar-refractivity contribution in [1.82, 2.24) is 9.80 Å². The van der Waals surface area contributed by atoms with E-state index in [9.17, 15) is 27.9 Å². The number of halogens is 3. The number of carboxylic acids is 1. The van der Waals surface area contributed by atoms with Crippen LogP contribution in [-0.4, -0.2) is 82.3 Å². The number of amides is 2. The molecule has 0 radical (unpaired) electrons. The molecule has 2 heterocycles. The summed E-state index contributed by atoms with van der Waals surface area (Å²) in [5.74, 6) is -1.98. The van der Waals surface area contributed by atoms with Crippen molar-refractivity contribution in [3.05, 3.63) is 35.4 Å². The Bertz CT molecular complexity index is 1030. The zero-order valence-electron chi connectivity index (χ0n) is 23.3. The van der Waals surface area contributed by atoms with Crippen molar-refractivity contribution < 1.29 is 37.8 Å². The highest BCUT2D eigenvalue weighted by molar-refractivity contribution is 5.92. The lowest BCUT2D eigenvalue weighted by atomic mass is 9.84. The van der Waals surface area contributed by atoms with Gasteiger partial charge in [0.15, 0.2) is 0 Å². The van der Waals surface area contributed by atoms with E-state index in [0.29, 0.717) is 29.5 Å². The number of alkyl halides is 3. The number of rotatable bonds is 9. The third-order valence-electron chi connectivity index (χ3n) is 8.61. The molecule has 3 atom stereocenters. The van der Waals surface area contributed by atoms with E-state index in [1.165, 1.54) is 44.1 Å². The van der Waals surface area contributed by atoms with Crippen LogP contribution in [0, 0.1) is 11.3 Å². The second kappa shape index (κ2) is 13.3. The number of benzene rings is 1. The fourth-order valence-electron chi connectivity index (χ4n) is 6.37. The van der Waals surface area contributed by atoms with Crippen LogP contribution in [0.1, 0.15) is 87.1 Å². The zero-order valence-corrected chi connectivity index (χ0v) is 23.3. The van der Waals surface area contributed by atoms with Crippen molar-refractivity contribution in [2.24, 2.45) is 17.1 Å². The molecule has 1 aliphatic carbocycles. The van der Waals surface area contributed by atoms with Crippen LogP contribution >= 0.6 is 0 Å². The summed E-state index contributed by atoms with van der Waals surface area (Å²) in [6.07, 6.45) is 4.48. The van der Waals surface area contributed by atoms with Crippen LogP contribution < -0.4 is 5.73 Å². The first-order chi connectivity index (χ1) is 18.7. The molecule has 1 aromatic rings. The molecule has 2 bridgehead atoms. The van der Waals surface area contributed by atoms with Gasteiger partial charge in [-0.25, -0.2) is 4.79 Å². The van der Waals surface area contributed by atoms with Gasteiger partial charge in [0.25, 0.3) is 0 Å². The van der Waals surface area contributed by atoms with Crippen LogP contribution in [0.25, 0.3) is 0 Å². The quantitative estimate of drug-likeness (QED) is 0.410. The molecule has 4 rings (SSSR count). The maximum absolute atomic E-state index is 13.3. The number of hydrogen-bond acceptors (Lipinski definition) is 5. The fraction of sp³-hybridized carbons (Fsp3) is 0.690. The average molecular weight is 570 g/mol. The minimum absolute atomic E-state index is 0.0856. The Hall–Kier alpha value is -2.66. The number of nitrogens with zero attached hydrogens (tertiary/aromatic N) is 2. The molecule has 0 spiro atoms. The molecule has 1 unspecified atom stereocenters. The van der Waals surface area contributed by atoms with Crippen molar-refractivity contribution in [2.45, 2.75) is 89.4 Å². The first-order valence-electron chi connectivity index (χ1n) is 14.1. The van der Waals surface area contributed by atoms with Gasteiger partial charge in [0, 0.05) is 37.3 Å². The molecular formula is C29H42F3N3O5. The van der Waals surface area contributed by atoms with E-state index in [2.05, 4.69) is 11.0 Å². The van der Waals surface area contributed by atoms with Crippen molar-refractivity contribution in [1.29, 1.82) is 0 Å². The number of aliphatic hydroxyl groups is 1. The second-order valence-corrected chi connectivity index (χ2v) is 12.0. The van der Waals surface area contributed by atoms with Crippen LogP contribution in [0.15, 0.2) is 24.3 Å². The number of carboxylic acid groups (broad SMARTS) is 1. The van der Waals surface area contributed by atoms with Gasteiger partial charge in [-0.1, -0.05) is 25.0 Å². The maximum atomic E-state index is 13.3. The van der Waals surface area contributed by atoms with Crippen LogP contribution in [0.2, 0.25) is 0 Å². The summed E-state index contributed by atoms with van der Waals surface area (Å²) in [4.78, 5) is 38.5. The largest absolute Gasteiger partial charge is 0.490 e. The van der Waals surface area contributed by atoms with Gasteiger partial charge in [-0.2, -0.15) is 13.2 Å². The SMILES string of the molecule is CC(C)(CO)C(=O)N(CCN1[C@@H]2CC[C@H]1CC(c1cccc(C(N)=O)c1)C2)CC1CCCC1.O=C(O)C(F)(F)F. The van der Waals surface area contributed by atoms with Gasteiger partial charge in [0.05, 0.1) is 12.0 Å². The number of aliphatic carboxylic acids is 1. The predicted octanol–water partition coefficient (Wildman–Crippen LogP) is 4.17. The van der Waals surface area contributed by atoms with Gasteiger partial charge in [-0.15, -0.1) is 0 Å². The number of carbonyl (C=O) groups is 3. The minimum atomic E-state index is -5.08. The molecule has 2 saturated heterocycles. The lowest BCUT2D eigenvalue weighted by Crippen LogP contribution is -2.50. The van der Waals surface area contributed by atoms with Crippen molar-refractivity contribution in [2.75, 3.05) is 26.2 Å². The first-order valence-corrected chi connectivity index (χ1v) is 14.1. The summed E-state index contributed by atoms with van der Waals surface area (Å²) in [5.41, 5.74) is 6.59. The first kappa shape index (κ1) is 31.9. The Morgan fingerprint density at radius 3 is 2.12 bits per heavy atom. The molecule has 11 heteroatoms. The van der Waals surface area contributed by atoms with Crippen LogP contribution in [0.5, 0.6) is 0 Å². The van der Waals surface area contributed by atoms with Crippen molar-refractivity contribution >= 4 is 17.8 Å². The molecular weight excluding hydrogens is 527 g/mol. The van der Waals surface area contributed by atoms with Crippen molar-refractivity contribution in [3.8, 4) is 0 Å². The molecule has 4 N–H and O–H groups in total. The minimum Gasteiger partial charge on any atom is -0.475 e. The highest BCUT2D eigenvalue weighted by Gasteiger charge is 2.42. The zero-order chi connectivity index (χ0) is 29.7. The van der Waals surface area contributed by atoms with Crippen molar-refractivity contribution in [3.63, 3.8) is 0 Å². The highest BCUT2D eigenvalue weighted by atomic mass is 19.4. The monoisotopic (exact) mass is 569 g/mol. The van der Waals surface area contributed by atoms with Gasteiger partial charge >= 0.3 is 12.1 Å². The van der Waals surface area contributed by atoms with Crippen LogP contribution in [0.4, 0.5) is 13.2 Å². The van der Waals surface area contributed by atoms with Gasteiger partial charge in [-0.3, -0.25) is 14.5 Å². The van der Waals surface area contributed by atoms with Gasteiger partial charge in [0.1, 0.15) is 0 Å². The molecule has 0 aromatic heterocycles. The van der Waals surface area contributed by atoms with E-state index in [-0.39, 0.29) is 18.4 Å². The Morgan fingerprint density at radius 2 is 1.62 bits per heavy atom. The Labute approximate surface area is 233 Å². The number of fused-ring (bicyclic) bond motifs is 2. The second-order valence-electron chi connectivity index (χ2n) is 12.0. The third kappa shape index (κ3) is 8.19. The summed E-state index contributed by atoms with van der Waals surface area (Å²) in [7, 11) is 0. The highest BCUT2D eigenvalue weighted by Crippen LogP contribution is 2.43. The molecule has 1 aromatic carbocycles. The number of carbonyl (C=O) groups excluding carboxylic acids is 2. The number of piperidine rings is 1. The predicted molar refractivity (Wildman–Crippen MR) is 144 cm³/mol. The van der Waals surface area contributed by atoms with Gasteiger partial charge in [-0.05, 0) is 81.9 Å². The van der Waals surface area contributed by atoms with E-state index >= 15 is 0 Å². The molecule has 2 aliphatic heterocycles. The molecule has 40 heavy (non-hydrogen) atoms. The summed E-state index contributed by atoms with van der Waals surface area (Å²) < 4.78 is 31.7. The third-order valence-corrected chi connectivity index (χ3v) is 8.61. The van der Waals surface area contributed by atoms with Crippen LogP contribution in [-0.2, 0) is 9.59 Å². The lowest BCUT2D eigenvalue weighted by molar-refractivity contribution is -0.192. The topological polar surface area (TPSA) is 124 Å². The van der Waals surface area contributed by atoms with Gasteiger partial charge < -0.3 is 20.8 Å². The Balaban J connectivity index is 0.000000559.